The lowest BCUT2D eigenvalue weighted by atomic mass is 9.90. The predicted octanol–water partition coefficient (Wildman–Crippen LogP) is 4.04. The number of fused-ring (bicyclic) bond motifs is 1. The van der Waals surface area contributed by atoms with Gasteiger partial charge in [0.15, 0.2) is 0 Å². The van der Waals surface area contributed by atoms with E-state index >= 15 is 0 Å². The lowest BCUT2D eigenvalue weighted by molar-refractivity contribution is 0.0580. The molecule has 2 aromatic carbocycles. The minimum Gasteiger partial charge on any atom is -0.449 e. The second-order valence-corrected chi connectivity index (χ2v) is 7.15. The van der Waals surface area contributed by atoms with Gasteiger partial charge in [0.05, 0.1) is 18.2 Å². The van der Waals surface area contributed by atoms with Gasteiger partial charge in [-0.1, -0.05) is 0 Å². The van der Waals surface area contributed by atoms with Gasteiger partial charge >= 0.3 is 6.09 Å². The van der Waals surface area contributed by atoms with E-state index in [4.69, 9.17) is 4.74 Å². The first kappa shape index (κ1) is 19.3. The number of hydrogen-bond donors (Lipinski definition) is 3. The molecule has 0 radical (unpaired) electrons. The van der Waals surface area contributed by atoms with Gasteiger partial charge in [0, 0.05) is 29.6 Å². The topological polar surface area (TPSA) is 74.3 Å². The molecule has 0 spiro atoms. The number of halogens is 3. The molecule has 29 heavy (non-hydrogen) atoms. The van der Waals surface area contributed by atoms with Crippen LogP contribution in [0.2, 0.25) is 0 Å². The quantitative estimate of drug-likeness (QED) is 0.601. The third kappa shape index (κ3) is 4.07. The van der Waals surface area contributed by atoms with Gasteiger partial charge in [-0.05, 0) is 54.3 Å². The Morgan fingerprint density at radius 2 is 1.86 bits per heavy atom. The van der Waals surface area contributed by atoms with E-state index in [2.05, 4.69) is 10.3 Å². The SMILES string of the molecule is O=C(NC1CC(O)C1)OCCc1c(-c2ccc(F)cc2)[nH]c2c(F)cc(F)cc12. The van der Waals surface area contributed by atoms with Gasteiger partial charge in [-0.2, -0.15) is 0 Å². The van der Waals surface area contributed by atoms with Crippen molar-refractivity contribution in [1.29, 1.82) is 0 Å². The molecule has 0 aliphatic heterocycles. The van der Waals surface area contributed by atoms with Crippen molar-refractivity contribution < 1.29 is 27.8 Å². The Balaban J connectivity index is 1.57. The Labute approximate surface area is 164 Å². The van der Waals surface area contributed by atoms with Crippen molar-refractivity contribution in [2.45, 2.75) is 31.4 Å². The summed E-state index contributed by atoms with van der Waals surface area (Å²) in [7, 11) is 0. The van der Waals surface area contributed by atoms with E-state index < -0.39 is 29.6 Å². The van der Waals surface area contributed by atoms with Crippen molar-refractivity contribution in [2.75, 3.05) is 6.61 Å². The fourth-order valence-corrected chi connectivity index (χ4v) is 3.56. The highest BCUT2D eigenvalue weighted by atomic mass is 19.1. The van der Waals surface area contributed by atoms with Crippen LogP contribution in [0.1, 0.15) is 18.4 Å². The van der Waals surface area contributed by atoms with Crippen molar-refractivity contribution in [3.8, 4) is 11.3 Å². The van der Waals surface area contributed by atoms with Gasteiger partial charge in [0.25, 0.3) is 0 Å². The van der Waals surface area contributed by atoms with Crippen molar-refractivity contribution in [3.63, 3.8) is 0 Å². The Bertz CT molecular complexity index is 1040. The number of aromatic nitrogens is 1. The maximum Gasteiger partial charge on any atom is 0.407 e. The Kier molecular flexibility index (Phi) is 5.19. The second-order valence-electron chi connectivity index (χ2n) is 7.15. The number of rotatable bonds is 5. The number of benzene rings is 2. The lowest BCUT2D eigenvalue weighted by Gasteiger charge is -2.31. The van der Waals surface area contributed by atoms with Crippen LogP contribution in [0.15, 0.2) is 36.4 Å². The van der Waals surface area contributed by atoms with Crippen LogP contribution in [0.25, 0.3) is 22.2 Å². The molecule has 1 fully saturated rings. The van der Waals surface area contributed by atoms with Gasteiger partial charge < -0.3 is 20.1 Å². The van der Waals surface area contributed by atoms with E-state index in [-0.39, 0.29) is 24.6 Å². The van der Waals surface area contributed by atoms with Crippen molar-refractivity contribution in [2.24, 2.45) is 0 Å². The predicted molar refractivity (Wildman–Crippen MR) is 101 cm³/mol. The second kappa shape index (κ2) is 7.79. The standard InChI is InChI=1S/C21H19F3N2O3/c22-12-3-1-11(2-4-12)19-16(17-7-13(23)8-18(24)20(17)26-19)5-6-29-21(28)25-14-9-15(27)10-14/h1-4,7-8,14-15,26-27H,5-6,9-10H2,(H,25,28). The number of aliphatic hydroxyl groups is 1. The Morgan fingerprint density at radius 3 is 2.55 bits per heavy atom. The average Bonchev–Trinajstić information content (AvgIpc) is 3.00. The molecule has 1 saturated carbocycles. The number of aromatic amines is 1. The first-order valence-electron chi connectivity index (χ1n) is 9.27. The highest BCUT2D eigenvalue weighted by Crippen LogP contribution is 2.33. The summed E-state index contributed by atoms with van der Waals surface area (Å²) in [5.41, 5.74) is 1.81. The van der Waals surface area contributed by atoms with Crippen LogP contribution in [0.3, 0.4) is 0 Å². The van der Waals surface area contributed by atoms with Crippen molar-refractivity contribution >= 4 is 17.0 Å². The molecule has 3 aromatic rings. The molecule has 5 nitrogen and oxygen atoms in total. The van der Waals surface area contributed by atoms with E-state index in [0.717, 1.165) is 6.07 Å². The summed E-state index contributed by atoms with van der Waals surface area (Å²) in [4.78, 5) is 14.8. The Hall–Kier alpha value is -3.00. The first-order chi connectivity index (χ1) is 13.9. The van der Waals surface area contributed by atoms with Gasteiger partial charge in [0.2, 0.25) is 0 Å². The number of hydrogen-bond acceptors (Lipinski definition) is 3. The number of H-pyrrole nitrogens is 1. The van der Waals surface area contributed by atoms with E-state index in [1.165, 1.54) is 30.3 Å². The van der Waals surface area contributed by atoms with Crippen LogP contribution in [-0.4, -0.2) is 34.9 Å². The first-order valence-corrected chi connectivity index (χ1v) is 9.27. The molecule has 1 aromatic heterocycles. The summed E-state index contributed by atoms with van der Waals surface area (Å²) in [6, 6.07) is 7.52. The van der Waals surface area contributed by atoms with Crippen LogP contribution in [0.5, 0.6) is 0 Å². The Morgan fingerprint density at radius 1 is 1.14 bits per heavy atom. The fraction of sp³-hybridized carbons (Fsp3) is 0.286. The summed E-state index contributed by atoms with van der Waals surface area (Å²) < 4.78 is 46.5. The molecule has 0 bridgehead atoms. The average molecular weight is 404 g/mol. The number of nitrogens with one attached hydrogen (secondary N) is 2. The normalized spacial score (nSPS) is 18.5. The smallest absolute Gasteiger partial charge is 0.407 e. The maximum absolute atomic E-state index is 14.2. The molecule has 1 amide bonds. The zero-order valence-electron chi connectivity index (χ0n) is 15.3. The summed E-state index contributed by atoms with van der Waals surface area (Å²) in [5, 5.41) is 12.2. The maximum atomic E-state index is 14.2. The van der Waals surface area contributed by atoms with Crippen molar-refractivity contribution in [1.82, 2.24) is 10.3 Å². The van der Waals surface area contributed by atoms with Gasteiger partial charge in [-0.15, -0.1) is 0 Å². The summed E-state index contributed by atoms with van der Waals surface area (Å²) in [6.45, 7) is -0.0135. The molecule has 1 aliphatic rings. The molecular weight excluding hydrogens is 385 g/mol. The van der Waals surface area contributed by atoms with Crippen LogP contribution < -0.4 is 5.32 Å². The van der Waals surface area contributed by atoms with Crippen LogP contribution in [-0.2, 0) is 11.2 Å². The molecule has 0 saturated heterocycles. The molecule has 3 N–H and O–H groups in total. The number of ether oxygens (including phenoxy) is 1. The molecule has 8 heteroatoms. The molecule has 0 atom stereocenters. The molecular formula is C21H19F3N2O3. The van der Waals surface area contributed by atoms with Crippen molar-refractivity contribution in [3.05, 3.63) is 59.4 Å². The monoisotopic (exact) mass is 404 g/mol. The minimum absolute atomic E-state index is 0.0135. The van der Waals surface area contributed by atoms with Crippen LogP contribution in [0, 0.1) is 17.5 Å². The zero-order valence-corrected chi connectivity index (χ0v) is 15.3. The number of amides is 1. The van der Waals surface area contributed by atoms with E-state index in [1.807, 2.05) is 0 Å². The lowest BCUT2D eigenvalue weighted by Crippen LogP contribution is -2.47. The highest BCUT2D eigenvalue weighted by molar-refractivity contribution is 5.91. The van der Waals surface area contributed by atoms with Gasteiger partial charge in [-0.25, -0.2) is 18.0 Å². The van der Waals surface area contributed by atoms with E-state index in [9.17, 15) is 23.1 Å². The van der Waals surface area contributed by atoms with Crippen LogP contribution >= 0.6 is 0 Å². The van der Waals surface area contributed by atoms with Gasteiger partial charge in [-0.3, -0.25) is 0 Å². The molecule has 4 rings (SSSR count). The number of carbonyl (C=O) groups excluding carboxylic acids is 1. The number of carbonyl (C=O) groups is 1. The highest BCUT2D eigenvalue weighted by Gasteiger charge is 2.28. The van der Waals surface area contributed by atoms with E-state index in [0.29, 0.717) is 35.0 Å². The zero-order chi connectivity index (χ0) is 20.5. The molecule has 1 heterocycles. The summed E-state index contributed by atoms with van der Waals surface area (Å²) in [6.07, 6.45) is 0.184. The number of alkyl carbamates (subject to hydrolysis) is 1. The molecule has 0 unspecified atom stereocenters. The molecule has 1 aliphatic carbocycles. The van der Waals surface area contributed by atoms with E-state index in [1.54, 1.807) is 0 Å². The van der Waals surface area contributed by atoms with Gasteiger partial charge in [0.1, 0.15) is 17.5 Å². The van der Waals surface area contributed by atoms with Crippen LogP contribution in [0.4, 0.5) is 18.0 Å². The fourth-order valence-electron chi connectivity index (χ4n) is 3.56. The summed E-state index contributed by atoms with van der Waals surface area (Å²) in [5.74, 6) is -1.87. The molecule has 152 valence electrons. The summed E-state index contributed by atoms with van der Waals surface area (Å²) >= 11 is 0. The minimum atomic E-state index is -0.739. The number of aliphatic hydroxyl groups excluding tert-OH is 1. The largest absolute Gasteiger partial charge is 0.449 e. The third-order valence-corrected chi connectivity index (χ3v) is 5.09. The third-order valence-electron chi connectivity index (χ3n) is 5.09.